The van der Waals surface area contributed by atoms with Gasteiger partial charge in [-0.05, 0) is 75.4 Å². The van der Waals surface area contributed by atoms with Gasteiger partial charge in [0.25, 0.3) is 0 Å². The van der Waals surface area contributed by atoms with Gasteiger partial charge in [-0.2, -0.15) is 0 Å². The predicted octanol–water partition coefficient (Wildman–Crippen LogP) is 6.94. The van der Waals surface area contributed by atoms with Crippen LogP contribution in [0.25, 0.3) is 32.3 Å². The van der Waals surface area contributed by atoms with Crippen LogP contribution in [0.2, 0.25) is 0 Å². The lowest BCUT2D eigenvalue weighted by molar-refractivity contribution is -0.156. The molecule has 2 atom stereocenters. The highest BCUT2D eigenvalue weighted by Crippen LogP contribution is 2.38. The Kier molecular flexibility index (Phi) is 5.88. The Hall–Kier alpha value is -2.98. The van der Waals surface area contributed by atoms with Crippen LogP contribution >= 0.6 is 0 Å². The van der Waals surface area contributed by atoms with Gasteiger partial charge in [0.2, 0.25) is 11.8 Å². The van der Waals surface area contributed by atoms with Gasteiger partial charge in [0.05, 0.1) is 18.6 Å². The van der Waals surface area contributed by atoms with E-state index in [0.717, 1.165) is 36.6 Å². The largest absolute Gasteiger partial charge is 0.294 e. The maximum absolute atomic E-state index is 14.0. The molecule has 37 heavy (non-hydrogen) atoms. The molecule has 1 N–H and O–H groups in total. The minimum Gasteiger partial charge on any atom is -0.294 e. The fourth-order valence-corrected chi connectivity index (χ4v) is 7.65. The van der Waals surface area contributed by atoms with E-state index >= 15 is 0 Å². The molecule has 3 aliphatic rings. The number of hydrogen-bond acceptors (Lipinski definition) is 3. The Balaban J connectivity index is 1.29. The Morgan fingerprint density at radius 1 is 0.622 bits per heavy atom. The second-order valence-corrected chi connectivity index (χ2v) is 11.8. The van der Waals surface area contributed by atoms with E-state index in [0.29, 0.717) is 18.4 Å². The number of carbonyl (C=O) groups excluding carboxylic acids is 2. The van der Waals surface area contributed by atoms with E-state index in [1.54, 1.807) is 4.90 Å². The number of nitrogens with zero attached hydrogens (tertiary/aromatic N) is 1. The molecule has 4 nitrogen and oxygen atoms in total. The van der Waals surface area contributed by atoms with Crippen LogP contribution < -0.4 is 5.32 Å². The first-order valence-electron chi connectivity index (χ1n) is 14.5. The van der Waals surface area contributed by atoms with Gasteiger partial charge in [-0.25, -0.2) is 0 Å². The van der Waals surface area contributed by atoms with Gasteiger partial charge >= 0.3 is 0 Å². The van der Waals surface area contributed by atoms with Gasteiger partial charge < -0.3 is 0 Å². The lowest BCUT2D eigenvalue weighted by Gasteiger charge is -2.44. The number of nitrogens with one attached hydrogen (secondary N) is 1. The topological polar surface area (TPSA) is 49.4 Å². The molecule has 0 aromatic heterocycles. The smallest absolute Gasteiger partial charge is 0.246 e. The van der Waals surface area contributed by atoms with Crippen LogP contribution in [0, 0.1) is 11.8 Å². The highest BCUT2D eigenvalue weighted by Gasteiger charge is 2.46. The summed E-state index contributed by atoms with van der Waals surface area (Å²) in [6, 6.07) is 19.0. The van der Waals surface area contributed by atoms with Crippen LogP contribution in [0.1, 0.15) is 69.8 Å². The number of imide groups is 1. The van der Waals surface area contributed by atoms with E-state index < -0.39 is 0 Å². The lowest BCUT2D eigenvalue weighted by atomic mass is 9.78. The summed E-state index contributed by atoms with van der Waals surface area (Å²) >= 11 is 0. The second-order valence-electron chi connectivity index (χ2n) is 11.8. The van der Waals surface area contributed by atoms with Crippen molar-refractivity contribution in [1.29, 1.82) is 0 Å². The van der Waals surface area contributed by atoms with Crippen molar-refractivity contribution in [3.8, 4) is 0 Å². The summed E-state index contributed by atoms with van der Waals surface area (Å²) in [5.41, 5.74) is 1.07. The van der Waals surface area contributed by atoms with Crippen molar-refractivity contribution in [3.63, 3.8) is 0 Å². The molecule has 190 valence electrons. The third kappa shape index (κ3) is 3.92. The van der Waals surface area contributed by atoms with Crippen molar-refractivity contribution in [1.82, 2.24) is 10.2 Å². The van der Waals surface area contributed by atoms with Crippen LogP contribution in [-0.2, 0) is 16.1 Å². The van der Waals surface area contributed by atoms with Crippen molar-refractivity contribution in [2.75, 3.05) is 0 Å². The third-order valence-electron chi connectivity index (χ3n) is 9.61. The molecule has 3 fully saturated rings. The Morgan fingerprint density at radius 2 is 1.14 bits per heavy atom. The summed E-state index contributed by atoms with van der Waals surface area (Å²) in [5, 5.41) is 11.0. The number of carbonyl (C=O) groups is 2. The fraction of sp³-hybridized carbons (Fsp3) is 0.455. The maximum Gasteiger partial charge on any atom is 0.246 e. The number of benzene rings is 4. The van der Waals surface area contributed by atoms with Gasteiger partial charge in [-0.1, -0.05) is 93.1 Å². The van der Waals surface area contributed by atoms with E-state index in [4.69, 9.17) is 0 Å². The monoisotopic (exact) mass is 492 g/mol. The van der Waals surface area contributed by atoms with Crippen molar-refractivity contribution in [2.24, 2.45) is 11.8 Å². The standard InChI is InChI=1S/C33H36N2O2/c36-32-30(24-8-3-1-4-9-24)34-31(25-10-5-2-6-11-25)33(37)35(32)20-26-17-16-23-15-14-21-12-7-13-22-18-19-27(26)29(23)28(21)22/h7,12-19,24-25,30-31,34H,1-6,8-11,20H2. The molecule has 2 unspecified atom stereocenters. The first kappa shape index (κ1) is 23.2. The van der Waals surface area contributed by atoms with E-state index in [-0.39, 0.29) is 23.9 Å². The van der Waals surface area contributed by atoms with Crippen LogP contribution in [0.15, 0.2) is 54.6 Å². The molecule has 7 rings (SSSR count). The molecule has 0 radical (unpaired) electrons. The Labute approximate surface area is 218 Å². The van der Waals surface area contributed by atoms with E-state index in [9.17, 15) is 9.59 Å². The van der Waals surface area contributed by atoms with Crippen LogP contribution in [0.3, 0.4) is 0 Å². The Morgan fingerprint density at radius 3 is 1.73 bits per heavy atom. The number of hydrogen-bond donors (Lipinski definition) is 1. The van der Waals surface area contributed by atoms with Gasteiger partial charge in [0, 0.05) is 0 Å². The molecular formula is C33H36N2O2. The predicted molar refractivity (Wildman–Crippen MR) is 150 cm³/mol. The Bertz CT molecular complexity index is 1410. The minimum atomic E-state index is -0.232. The average Bonchev–Trinajstić information content (AvgIpc) is 2.95. The quantitative estimate of drug-likeness (QED) is 0.248. The molecule has 0 spiro atoms. The third-order valence-corrected chi connectivity index (χ3v) is 9.61. The zero-order chi connectivity index (χ0) is 24.9. The molecule has 1 heterocycles. The van der Waals surface area contributed by atoms with E-state index in [2.05, 4.69) is 59.9 Å². The summed E-state index contributed by atoms with van der Waals surface area (Å²) in [7, 11) is 0. The van der Waals surface area contributed by atoms with Crippen molar-refractivity contribution in [2.45, 2.75) is 82.8 Å². The first-order valence-corrected chi connectivity index (χ1v) is 14.5. The summed E-state index contributed by atoms with van der Waals surface area (Å²) in [6.45, 7) is 0.361. The SMILES string of the molecule is O=C1C(C2CCCCC2)NC(C2CCCCC2)C(=O)N1Cc1ccc2ccc3cccc4ccc1c2c34. The molecule has 0 bridgehead atoms. The summed E-state index contributed by atoms with van der Waals surface area (Å²) in [4.78, 5) is 29.6. The van der Waals surface area contributed by atoms with Crippen molar-refractivity contribution in [3.05, 3.63) is 60.2 Å². The van der Waals surface area contributed by atoms with Crippen LogP contribution in [0.5, 0.6) is 0 Å². The van der Waals surface area contributed by atoms with Crippen LogP contribution in [-0.4, -0.2) is 28.8 Å². The zero-order valence-corrected chi connectivity index (χ0v) is 21.5. The molecule has 1 aliphatic heterocycles. The average molecular weight is 493 g/mol. The molecule has 1 saturated heterocycles. The van der Waals surface area contributed by atoms with Crippen LogP contribution in [0.4, 0.5) is 0 Å². The van der Waals surface area contributed by atoms with E-state index in [1.165, 1.54) is 65.5 Å². The molecular weight excluding hydrogens is 456 g/mol. The first-order chi connectivity index (χ1) is 18.2. The summed E-state index contributed by atoms with van der Waals surface area (Å²) < 4.78 is 0. The number of piperazine rings is 1. The molecule has 2 amide bonds. The molecule has 4 aromatic rings. The highest BCUT2D eigenvalue weighted by molar-refractivity contribution is 6.23. The molecule has 2 aliphatic carbocycles. The molecule has 4 heteroatoms. The normalized spacial score (nSPS) is 24.6. The molecule has 2 saturated carbocycles. The van der Waals surface area contributed by atoms with E-state index in [1.807, 2.05) is 0 Å². The van der Waals surface area contributed by atoms with Gasteiger partial charge in [-0.15, -0.1) is 0 Å². The van der Waals surface area contributed by atoms with Crippen molar-refractivity contribution >= 4 is 44.1 Å². The minimum absolute atomic E-state index is 0.00495. The maximum atomic E-state index is 14.0. The summed E-state index contributed by atoms with van der Waals surface area (Å²) in [5.74, 6) is 0.665. The highest BCUT2D eigenvalue weighted by atomic mass is 16.2. The number of rotatable bonds is 4. The van der Waals surface area contributed by atoms with Gasteiger partial charge in [0.15, 0.2) is 0 Å². The summed E-state index contributed by atoms with van der Waals surface area (Å²) in [6.07, 6.45) is 11.6. The zero-order valence-electron chi connectivity index (χ0n) is 21.5. The van der Waals surface area contributed by atoms with Gasteiger partial charge in [-0.3, -0.25) is 19.8 Å². The lowest BCUT2D eigenvalue weighted by Crippen LogP contribution is -2.66. The van der Waals surface area contributed by atoms with Gasteiger partial charge in [0.1, 0.15) is 0 Å². The second kappa shape index (κ2) is 9.40. The molecule has 4 aromatic carbocycles. The van der Waals surface area contributed by atoms with Crippen molar-refractivity contribution < 1.29 is 9.59 Å². The number of amides is 2. The fourth-order valence-electron chi connectivity index (χ4n) is 7.65.